The van der Waals surface area contributed by atoms with Gasteiger partial charge in [0.2, 0.25) is 11.1 Å². The van der Waals surface area contributed by atoms with E-state index in [0.717, 1.165) is 0 Å². The maximum Gasteiger partial charge on any atom is 0.453 e. The third-order valence-corrected chi connectivity index (χ3v) is 3.92. The monoisotopic (exact) mass is 363 g/mol. The molecule has 0 radical (unpaired) electrons. The van der Waals surface area contributed by atoms with Gasteiger partial charge in [-0.3, -0.25) is 4.79 Å². The molecule has 6 nitrogen and oxygen atoms in total. The number of alkyl halides is 3. The summed E-state index contributed by atoms with van der Waals surface area (Å²) in [6.45, 7) is 1.71. The van der Waals surface area contributed by atoms with E-state index >= 15 is 0 Å². The number of nitrogens with one attached hydrogen (secondary N) is 1. The zero-order valence-corrected chi connectivity index (χ0v) is 13.2. The van der Waals surface area contributed by atoms with Gasteiger partial charge in [-0.25, -0.2) is 9.07 Å². The number of nitrogens with two attached hydrogens (primary N) is 1. The quantitative estimate of drug-likeness (QED) is 0.481. The van der Waals surface area contributed by atoms with Crippen molar-refractivity contribution in [1.82, 2.24) is 20.2 Å². The van der Waals surface area contributed by atoms with E-state index in [0.29, 0.717) is 22.9 Å². The third-order valence-electron chi connectivity index (χ3n) is 2.98. The second kappa shape index (κ2) is 7.07. The van der Waals surface area contributed by atoms with Crippen molar-refractivity contribution in [3.8, 4) is 0 Å². The number of nitrogens with zero attached hydrogens (tertiary/aromatic N) is 3. The van der Waals surface area contributed by atoms with Gasteiger partial charge in [0.15, 0.2) is 0 Å². The number of thioether (sulfide) groups is 1. The smallest absolute Gasteiger partial charge is 0.351 e. The fourth-order valence-corrected chi connectivity index (χ4v) is 2.38. The van der Waals surface area contributed by atoms with Gasteiger partial charge in [0.25, 0.3) is 5.82 Å². The minimum atomic E-state index is -4.72. The van der Waals surface area contributed by atoms with E-state index in [1.807, 2.05) is 0 Å². The van der Waals surface area contributed by atoms with Crippen LogP contribution in [0.2, 0.25) is 0 Å². The van der Waals surface area contributed by atoms with Gasteiger partial charge in [-0.05, 0) is 24.1 Å². The fraction of sp³-hybridized carbons (Fsp3) is 0.308. The SMILES string of the molecule is Cc1ccc(CNC(=O)CSc2nnc(C(F)(F)F)n2N)cc1F. The molecule has 1 heterocycles. The zero-order valence-electron chi connectivity index (χ0n) is 12.4. The molecular formula is C13H13F4N5OS. The Bertz CT molecular complexity index is 746. The molecule has 0 aliphatic carbocycles. The summed E-state index contributed by atoms with van der Waals surface area (Å²) in [5, 5.41) is 8.53. The van der Waals surface area contributed by atoms with Gasteiger partial charge in [0, 0.05) is 6.54 Å². The van der Waals surface area contributed by atoms with E-state index in [1.165, 1.54) is 6.07 Å². The van der Waals surface area contributed by atoms with Crippen LogP contribution in [-0.4, -0.2) is 26.5 Å². The Hall–Kier alpha value is -2.30. The van der Waals surface area contributed by atoms with Gasteiger partial charge in [0.05, 0.1) is 5.75 Å². The van der Waals surface area contributed by atoms with Crippen LogP contribution < -0.4 is 11.2 Å². The molecule has 0 atom stereocenters. The van der Waals surface area contributed by atoms with Crippen LogP contribution in [0.15, 0.2) is 23.4 Å². The molecule has 0 fully saturated rings. The van der Waals surface area contributed by atoms with Crippen molar-refractivity contribution in [3.63, 3.8) is 0 Å². The Morgan fingerprint density at radius 2 is 2.08 bits per heavy atom. The summed E-state index contributed by atoms with van der Waals surface area (Å²) in [7, 11) is 0. The number of hydrogen-bond donors (Lipinski definition) is 2. The number of hydrogen-bond acceptors (Lipinski definition) is 5. The molecule has 0 saturated heterocycles. The first-order chi connectivity index (χ1) is 11.2. The molecule has 0 aliphatic heterocycles. The van der Waals surface area contributed by atoms with Gasteiger partial charge in [-0.2, -0.15) is 13.2 Å². The molecule has 24 heavy (non-hydrogen) atoms. The number of carbonyl (C=O) groups is 1. The van der Waals surface area contributed by atoms with Crippen LogP contribution in [0, 0.1) is 12.7 Å². The highest BCUT2D eigenvalue weighted by Crippen LogP contribution is 2.28. The Balaban J connectivity index is 1.87. The molecule has 1 aromatic carbocycles. The Kier molecular flexibility index (Phi) is 5.32. The maximum atomic E-state index is 13.4. The number of nitrogen functional groups attached to an aromatic ring is 1. The average molecular weight is 363 g/mol. The lowest BCUT2D eigenvalue weighted by Gasteiger charge is -2.07. The number of aryl methyl sites for hydroxylation is 1. The zero-order chi connectivity index (χ0) is 17.9. The van der Waals surface area contributed by atoms with E-state index in [9.17, 15) is 22.4 Å². The summed E-state index contributed by atoms with van der Waals surface area (Å²) in [5.74, 6) is 2.85. The molecule has 130 valence electrons. The largest absolute Gasteiger partial charge is 0.453 e. The van der Waals surface area contributed by atoms with E-state index in [2.05, 4.69) is 15.5 Å². The number of benzene rings is 1. The fourth-order valence-electron chi connectivity index (χ4n) is 1.70. The van der Waals surface area contributed by atoms with Crippen molar-refractivity contribution < 1.29 is 22.4 Å². The third kappa shape index (κ3) is 4.37. The van der Waals surface area contributed by atoms with Crippen molar-refractivity contribution in [2.45, 2.75) is 24.8 Å². The van der Waals surface area contributed by atoms with Gasteiger partial charge < -0.3 is 11.2 Å². The highest BCUT2D eigenvalue weighted by Gasteiger charge is 2.38. The molecule has 0 bridgehead atoms. The van der Waals surface area contributed by atoms with E-state index in [4.69, 9.17) is 5.84 Å². The highest BCUT2D eigenvalue weighted by molar-refractivity contribution is 7.99. The average Bonchev–Trinajstić information content (AvgIpc) is 2.87. The van der Waals surface area contributed by atoms with Gasteiger partial charge in [0.1, 0.15) is 5.82 Å². The first-order valence-corrected chi connectivity index (χ1v) is 7.59. The molecule has 0 aliphatic rings. The predicted molar refractivity (Wildman–Crippen MR) is 78.9 cm³/mol. The molecule has 1 aromatic heterocycles. The highest BCUT2D eigenvalue weighted by atomic mass is 32.2. The lowest BCUT2D eigenvalue weighted by Crippen LogP contribution is -2.25. The van der Waals surface area contributed by atoms with Crippen LogP contribution in [0.1, 0.15) is 17.0 Å². The van der Waals surface area contributed by atoms with Gasteiger partial charge in [-0.15, -0.1) is 10.2 Å². The number of carbonyl (C=O) groups excluding carboxylic acids is 1. The summed E-state index contributed by atoms with van der Waals surface area (Å²) in [6.07, 6.45) is -4.72. The van der Waals surface area contributed by atoms with Crippen molar-refractivity contribution in [2.75, 3.05) is 11.6 Å². The molecule has 1 amide bonds. The molecular weight excluding hydrogens is 350 g/mol. The van der Waals surface area contributed by atoms with Crippen LogP contribution >= 0.6 is 11.8 Å². The summed E-state index contributed by atoms with van der Waals surface area (Å²) in [6, 6.07) is 4.55. The summed E-state index contributed by atoms with van der Waals surface area (Å²) >= 11 is 0.711. The van der Waals surface area contributed by atoms with Gasteiger partial charge in [-0.1, -0.05) is 23.9 Å². The molecule has 0 spiro atoms. The van der Waals surface area contributed by atoms with Crippen molar-refractivity contribution in [1.29, 1.82) is 0 Å². The standard InChI is InChI=1S/C13H13F4N5OS/c1-7-2-3-8(4-9(7)14)5-19-10(23)6-24-12-21-20-11(22(12)18)13(15,16)17/h2-4H,5-6,18H2,1H3,(H,19,23). The Morgan fingerprint density at radius 1 is 1.38 bits per heavy atom. The topological polar surface area (TPSA) is 85.8 Å². The molecule has 11 heteroatoms. The normalized spacial score (nSPS) is 11.5. The van der Waals surface area contributed by atoms with Crippen LogP contribution in [-0.2, 0) is 17.5 Å². The van der Waals surface area contributed by atoms with Crippen LogP contribution in [0.25, 0.3) is 0 Å². The molecule has 2 aromatic rings. The molecule has 2 rings (SSSR count). The minimum absolute atomic E-state index is 0.0969. The number of amides is 1. The molecule has 0 saturated carbocycles. The number of halogens is 4. The summed E-state index contributed by atoms with van der Waals surface area (Å²) in [4.78, 5) is 11.7. The summed E-state index contributed by atoms with van der Waals surface area (Å²) < 4.78 is 51.2. The lowest BCUT2D eigenvalue weighted by molar-refractivity contribution is -0.146. The molecule has 3 N–H and O–H groups in total. The van der Waals surface area contributed by atoms with Gasteiger partial charge >= 0.3 is 6.18 Å². The second-order valence-electron chi connectivity index (χ2n) is 4.82. The van der Waals surface area contributed by atoms with Crippen molar-refractivity contribution in [2.24, 2.45) is 0 Å². The molecule has 0 unspecified atom stereocenters. The van der Waals surface area contributed by atoms with E-state index < -0.39 is 17.9 Å². The second-order valence-corrected chi connectivity index (χ2v) is 5.77. The van der Waals surface area contributed by atoms with Crippen LogP contribution in [0.4, 0.5) is 17.6 Å². The van der Waals surface area contributed by atoms with E-state index in [-0.39, 0.29) is 27.9 Å². The maximum absolute atomic E-state index is 13.4. The Morgan fingerprint density at radius 3 is 2.67 bits per heavy atom. The van der Waals surface area contributed by atoms with Crippen LogP contribution in [0.5, 0.6) is 0 Å². The number of rotatable bonds is 5. The van der Waals surface area contributed by atoms with E-state index in [1.54, 1.807) is 19.1 Å². The Labute approximate surface area is 138 Å². The predicted octanol–water partition coefficient (Wildman–Crippen LogP) is 1.87. The summed E-state index contributed by atoms with van der Waals surface area (Å²) in [5.41, 5.74) is 1.06. The lowest BCUT2D eigenvalue weighted by atomic mass is 10.1. The van der Waals surface area contributed by atoms with Crippen LogP contribution in [0.3, 0.4) is 0 Å². The minimum Gasteiger partial charge on any atom is -0.351 e. The first kappa shape index (κ1) is 18.0. The van der Waals surface area contributed by atoms with Crippen molar-refractivity contribution in [3.05, 3.63) is 41.0 Å². The van der Waals surface area contributed by atoms with Crippen molar-refractivity contribution >= 4 is 17.7 Å². The number of aromatic nitrogens is 3. The first-order valence-electron chi connectivity index (χ1n) is 6.60.